The molecule has 1 aromatic heterocycles. The summed E-state index contributed by atoms with van der Waals surface area (Å²) < 4.78 is 6.14. The highest BCUT2D eigenvalue weighted by Gasteiger charge is 2.27. The van der Waals surface area contributed by atoms with Crippen LogP contribution < -0.4 is 5.32 Å². The molecule has 1 fully saturated rings. The summed E-state index contributed by atoms with van der Waals surface area (Å²) in [5.41, 5.74) is 1.28. The highest BCUT2D eigenvalue weighted by Crippen LogP contribution is 2.20. The monoisotopic (exact) mass is 291 g/mol. The van der Waals surface area contributed by atoms with Gasteiger partial charge in [0.1, 0.15) is 0 Å². The van der Waals surface area contributed by atoms with Gasteiger partial charge in [-0.1, -0.05) is 6.07 Å². The molecular weight excluding hydrogens is 262 g/mol. The number of rotatable bonds is 6. The van der Waals surface area contributed by atoms with Crippen molar-refractivity contribution in [2.75, 3.05) is 20.1 Å². The van der Waals surface area contributed by atoms with Crippen LogP contribution in [0.3, 0.4) is 0 Å². The molecule has 2 rings (SSSR count). The largest absolute Gasteiger partial charge is 0.372 e. The first-order chi connectivity index (χ1) is 9.92. The van der Waals surface area contributed by atoms with Gasteiger partial charge in [-0.25, -0.2) is 0 Å². The van der Waals surface area contributed by atoms with E-state index in [1.54, 1.807) is 0 Å². The Morgan fingerprint density at radius 2 is 2.05 bits per heavy atom. The minimum Gasteiger partial charge on any atom is -0.372 e. The lowest BCUT2D eigenvalue weighted by Gasteiger charge is -2.24. The molecule has 0 amide bonds. The summed E-state index contributed by atoms with van der Waals surface area (Å²) in [6.07, 6.45) is 4.88. The first kappa shape index (κ1) is 16.4. The van der Waals surface area contributed by atoms with Gasteiger partial charge in [0.15, 0.2) is 0 Å². The van der Waals surface area contributed by atoms with Crippen molar-refractivity contribution in [3.8, 4) is 0 Å². The maximum atomic E-state index is 6.14. The highest BCUT2D eigenvalue weighted by molar-refractivity contribution is 5.03. The average molecular weight is 291 g/mol. The number of nitrogens with one attached hydrogen (secondary N) is 1. The van der Waals surface area contributed by atoms with E-state index in [-0.39, 0.29) is 5.54 Å². The van der Waals surface area contributed by atoms with Crippen LogP contribution in [0.2, 0.25) is 0 Å². The van der Waals surface area contributed by atoms with Gasteiger partial charge in [0.05, 0.1) is 17.9 Å². The summed E-state index contributed by atoms with van der Waals surface area (Å²) in [4.78, 5) is 6.67. The Bertz CT molecular complexity index is 416. The van der Waals surface area contributed by atoms with Crippen molar-refractivity contribution in [3.63, 3.8) is 0 Å². The second-order valence-corrected chi connectivity index (χ2v) is 7.11. The molecule has 2 heterocycles. The summed E-state index contributed by atoms with van der Waals surface area (Å²) in [5, 5.41) is 3.53. The molecule has 4 nitrogen and oxygen atoms in total. The number of nitrogens with zero attached hydrogens (tertiary/aromatic N) is 2. The van der Waals surface area contributed by atoms with Crippen molar-refractivity contribution in [3.05, 3.63) is 30.1 Å². The van der Waals surface area contributed by atoms with Crippen molar-refractivity contribution in [2.45, 2.75) is 57.9 Å². The van der Waals surface area contributed by atoms with Crippen LogP contribution in [0.25, 0.3) is 0 Å². The van der Waals surface area contributed by atoms with E-state index in [1.807, 2.05) is 18.3 Å². The SMILES string of the molecule is CN(Cc1ccccn1)CC1CCC(CNC(C)(C)C)O1. The molecule has 1 N–H and O–H groups in total. The molecule has 1 saturated heterocycles. The Morgan fingerprint density at radius 1 is 1.29 bits per heavy atom. The van der Waals surface area contributed by atoms with Crippen molar-refractivity contribution in [1.82, 2.24) is 15.2 Å². The van der Waals surface area contributed by atoms with Gasteiger partial charge in [0.25, 0.3) is 0 Å². The van der Waals surface area contributed by atoms with E-state index in [2.05, 4.69) is 49.1 Å². The zero-order valence-electron chi connectivity index (χ0n) is 13.8. The van der Waals surface area contributed by atoms with Crippen molar-refractivity contribution in [2.24, 2.45) is 0 Å². The Balaban J connectivity index is 1.70. The molecule has 2 unspecified atom stereocenters. The second kappa shape index (κ2) is 7.34. The van der Waals surface area contributed by atoms with Crippen LogP contribution in [0.5, 0.6) is 0 Å². The van der Waals surface area contributed by atoms with E-state index in [1.165, 1.54) is 0 Å². The molecule has 4 heteroatoms. The van der Waals surface area contributed by atoms with Gasteiger partial charge in [-0.05, 0) is 52.8 Å². The van der Waals surface area contributed by atoms with Crippen LogP contribution in [0, 0.1) is 0 Å². The number of pyridine rings is 1. The maximum Gasteiger partial charge on any atom is 0.0707 e. The Morgan fingerprint density at radius 3 is 2.71 bits per heavy atom. The minimum atomic E-state index is 0.164. The van der Waals surface area contributed by atoms with Gasteiger partial charge >= 0.3 is 0 Å². The van der Waals surface area contributed by atoms with Crippen LogP contribution in [0.4, 0.5) is 0 Å². The number of hydrogen-bond donors (Lipinski definition) is 1. The zero-order chi connectivity index (χ0) is 15.3. The Labute approximate surface area is 128 Å². The molecule has 0 saturated carbocycles. The van der Waals surface area contributed by atoms with E-state index >= 15 is 0 Å². The smallest absolute Gasteiger partial charge is 0.0707 e. The second-order valence-electron chi connectivity index (χ2n) is 7.11. The topological polar surface area (TPSA) is 37.4 Å². The van der Waals surface area contributed by atoms with Crippen LogP contribution >= 0.6 is 0 Å². The minimum absolute atomic E-state index is 0.164. The summed E-state index contributed by atoms with van der Waals surface area (Å²) in [5.74, 6) is 0. The van der Waals surface area contributed by atoms with Gasteiger partial charge in [0.2, 0.25) is 0 Å². The molecule has 21 heavy (non-hydrogen) atoms. The van der Waals surface area contributed by atoms with Crippen LogP contribution in [-0.2, 0) is 11.3 Å². The van der Waals surface area contributed by atoms with Crippen molar-refractivity contribution in [1.29, 1.82) is 0 Å². The van der Waals surface area contributed by atoms with Gasteiger partial charge in [-0.15, -0.1) is 0 Å². The van der Waals surface area contributed by atoms with Gasteiger partial charge in [-0.3, -0.25) is 9.88 Å². The van der Waals surface area contributed by atoms with Gasteiger partial charge < -0.3 is 10.1 Å². The molecule has 1 aliphatic rings. The first-order valence-electron chi connectivity index (χ1n) is 7.91. The highest BCUT2D eigenvalue weighted by atomic mass is 16.5. The first-order valence-corrected chi connectivity index (χ1v) is 7.91. The Kier molecular flexibility index (Phi) is 5.73. The lowest BCUT2D eigenvalue weighted by Crippen LogP contribution is -2.41. The van der Waals surface area contributed by atoms with E-state index in [0.29, 0.717) is 12.2 Å². The number of ether oxygens (including phenoxy) is 1. The fourth-order valence-corrected chi connectivity index (χ4v) is 2.66. The van der Waals surface area contributed by atoms with E-state index < -0.39 is 0 Å². The third kappa shape index (κ3) is 6.12. The van der Waals surface area contributed by atoms with Crippen LogP contribution in [0.15, 0.2) is 24.4 Å². The molecule has 0 aromatic carbocycles. The summed E-state index contributed by atoms with van der Waals surface area (Å²) in [6, 6.07) is 6.06. The molecule has 0 radical (unpaired) electrons. The molecular formula is C17H29N3O. The average Bonchev–Trinajstić information content (AvgIpc) is 2.84. The third-order valence-electron chi connectivity index (χ3n) is 3.73. The molecule has 0 bridgehead atoms. The number of hydrogen-bond acceptors (Lipinski definition) is 4. The summed E-state index contributed by atoms with van der Waals surface area (Å²) in [6.45, 7) is 9.39. The third-order valence-corrected chi connectivity index (χ3v) is 3.73. The normalized spacial score (nSPS) is 22.9. The van der Waals surface area contributed by atoms with E-state index in [0.717, 1.165) is 38.2 Å². The standard InChI is InChI=1S/C17H29N3O/c1-17(2,3)19-11-15-8-9-16(21-15)13-20(4)12-14-7-5-6-10-18-14/h5-7,10,15-16,19H,8-9,11-13H2,1-4H3. The maximum absolute atomic E-state index is 6.14. The lowest BCUT2D eigenvalue weighted by atomic mass is 10.1. The predicted molar refractivity (Wildman–Crippen MR) is 86.2 cm³/mol. The quantitative estimate of drug-likeness (QED) is 0.873. The lowest BCUT2D eigenvalue weighted by molar-refractivity contribution is 0.0239. The van der Waals surface area contributed by atoms with E-state index in [9.17, 15) is 0 Å². The number of likely N-dealkylation sites (N-methyl/N-ethyl adjacent to an activating group) is 1. The molecule has 2 atom stereocenters. The van der Waals surface area contributed by atoms with Crippen LogP contribution in [0.1, 0.15) is 39.3 Å². The molecule has 118 valence electrons. The fraction of sp³-hybridized carbons (Fsp3) is 0.706. The van der Waals surface area contributed by atoms with E-state index in [4.69, 9.17) is 4.74 Å². The Hall–Kier alpha value is -0.970. The van der Waals surface area contributed by atoms with Crippen LogP contribution in [-0.4, -0.2) is 47.8 Å². The molecule has 0 aliphatic carbocycles. The van der Waals surface area contributed by atoms with Crippen molar-refractivity contribution < 1.29 is 4.74 Å². The summed E-state index contributed by atoms with van der Waals surface area (Å²) >= 11 is 0. The molecule has 1 aliphatic heterocycles. The number of aromatic nitrogens is 1. The fourth-order valence-electron chi connectivity index (χ4n) is 2.66. The van der Waals surface area contributed by atoms with Crippen molar-refractivity contribution >= 4 is 0 Å². The van der Waals surface area contributed by atoms with Gasteiger partial charge in [-0.2, -0.15) is 0 Å². The summed E-state index contributed by atoms with van der Waals surface area (Å²) in [7, 11) is 2.14. The molecule has 1 aromatic rings. The van der Waals surface area contributed by atoms with Gasteiger partial charge in [0, 0.05) is 31.4 Å². The molecule has 0 spiro atoms. The zero-order valence-corrected chi connectivity index (χ0v) is 13.8. The predicted octanol–water partition coefficient (Wildman–Crippen LogP) is 2.45.